The molecule has 0 fully saturated rings. The summed E-state index contributed by atoms with van der Waals surface area (Å²) in [7, 11) is 0. The van der Waals surface area contributed by atoms with Gasteiger partial charge < -0.3 is 11.1 Å². The smallest absolute Gasteiger partial charge is 0.225 e. The van der Waals surface area contributed by atoms with Gasteiger partial charge >= 0.3 is 0 Å². The average Bonchev–Trinajstić information content (AvgIpc) is 2.48. The molecule has 1 aromatic heterocycles. The second-order valence-electron chi connectivity index (χ2n) is 5.81. The number of fused-ring (bicyclic) bond motifs is 1. The number of halogens is 1. The van der Waals surface area contributed by atoms with Gasteiger partial charge in [0.2, 0.25) is 5.95 Å². The van der Waals surface area contributed by atoms with Gasteiger partial charge in [-0.15, -0.1) is 0 Å². The van der Waals surface area contributed by atoms with Crippen LogP contribution in [-0.2, 0) is 6.42 Å². The number of benzene rings is 2. The molecule has 0 spiro atoms. The van der Waals surface area contributed by atoms with Gasteiger partial charge in [0.05, 0.1) is 5.52 Å². The molecule has 0 amide bonds. The summed E-state index contributed by atoms with van der Waals surface area (Å²) in [6, 6.07) is 12.7. The fourth-order valence-corrected chi connectivity index (χ4v) is 2.60. The number of aromatic nitrogens is 2. The van der Waals surface area contributed by atoms with E-state index in [0.717, 1.165) is 16.5 Å². The Morgan fingerprint density at radius 1 is 1.04 bits per heavy atom. The molecule has 2 aromatic carbocycles. The highest BCUT2D eigenvalue weighted by molar-refractivity contribution is 5.92. The van der Waals surface area contributed by atoms with E-state index in [-0.39, 0.29) is 11.9 Å². The van der Waals surface area contributed by atoms with E-state index in [1.807, 2.05) is 38.1 Å². The van der Waals surface area contributed by atoms with Gasteiger partial charge in [-0.25, -0.2) is 9.37 Å². The van der Waals surface area contributed by atoms with Gasteiger partial charge in [-0.05, 0) is 37.1 Å². The lowest BCUT2D eigenvalue weighted by Gasteiger charge is -2.13. The number of nitrogens with one attached hydrogen (secondary N) is 1. The van der Waals surface area contributed by atoms with Gasteiger partial charge in [0, 0.05) is 17.8 Å². The molecule has 3 rings (SSSR count). The van der Waals surface area contributed by atoms with Crippen LogP contribution in [0.15, 0.2) is 42.5 Å². The van der Waals surface area contributed by atoms with Crippen molar-refractivity contribution in [2.45, 2.75) is 26.3 Å². The zero-order valence-corrected chi connectivity index (χ0v) is 13.2. The Balaban J connectivity index is 2.06. The maximum atomic E-state index is 13.9. The zero-order chi connectivity index (χ0) is 16.4. The number of nitrogens with zero attached hydrogens (tertiary/aromatic N) is 2. The third kappa shape index (κ3) is 3.23. The molecule has 0 radical (unpaired) electrons. The van der Waals surface area contributed by atoms with Crippen molar-refractivity contribution in [3.63, 3.8) is 0 Å². The lowest BCUT2D eigenvalue weighted by molar-refractivity contribution is 0.614. The molecule has 0 atom stereocenters. The van der Waals surface area contributed by atoms with Crippen LogP contribution in [0.2, 0.25) is 0 Å². The Labute approximate surface area is 134 Å². The number of anilines is 2. The highest BCUT2D eigenvalue weighted by Gasteiger charge is 2.12. The standard InChI is InChI=1S/C18H19FN4/c1-11(2)21-18-22-15-9-5-7-13(16(15)17(20)23-18)10-12-6-3-4-8-14(12)19/h3-9,11H,10H2,1-2H3,(H3,20,21,22,23). The molecule has 4 nitrogen and oxygen atoms in total. The fraction of sp³-hybridized carbons (Fsp3) is 0.222. The minimum atomic E-state index is -0.220. The van der Waals surface area contributed by atoms with Gasteiger partial charge in [0.25, 0.3) is 0 Å². The summed E-state index contributed by atoms with van der Waals surface area (Å²) in [6.07, 6.45) is 0.453. The van der Waals surface area contributed by atoms with Crippen molar-refractivity contribution in [1.82, 2.24) is 9.97 Å². The Hall–Kier alpha value is -2.69. The van der Waals surface area contributed by atoms with Gasteiger partial charge in [0.15, 0.2) is 0 Å². The molecule has 0 unspecified atom stereocenters. The van der Waals surface area contributed by atoms with Crippen LogP contribution in [0.4, 0.5) is 16.2 Å². The zero-order valence-electron chi connectivity index (χ0n) is 13.2. The molecule has 118 valence electrons. The first-order valence-electron chi connectivity index (χ1n) is 7.59. The lowest BCUT2D eigenvalue weighted by Crippen LogP contribution is -2.13. The molecule has 5 heteroatoms. The highest BCUT2D eigenvalue weighted by Crippen LogP contribution is 2.26. The predicted molar refractivity (Wildman–Crippen MR) is 91.9 cm³/mol. The minimum Gasteiger partial charge on any atom is -0.383 e. The molecule has 3 N–H and O–H groups in total. The van der Waals surface area contributed by atoms with Crippen LogP contribution in [0, 0.1) is 5.82 Å². The summed E-state index contributed by atoms with van der Waals surface area (Å²) in [5, 5.41) is 3.94. The van der Waals surface area contributed by atoms with Gasteiger partial charge in [-0.3, -0.25) is 0 Å². The Morgan fingerprint density at radius 2 is 1.78 bits per heavy atom. The summed E-state index contributed by atoms with van der Waals surface area (Å²) in [5.74, 6) is 0.695. The van der Waals surface area contributed by atoms with E-state index in [0.29, 0.717) is 23.8 Å². The number of nitrogen functional groups attached to an aromatic ring is 1. The van der Waals surface area contributed by atoms with Crippen molar-refractivity contribution < 1.29 is 4.39 Å². The van der Waals surface area contributed by atoms with Gasteiger partial charge in [-0.1, -0.05) is 30.3 Å². The van der Waals surface area contributed by atoms with E-state index in [9.17, 15) is 4.39 Å². The second kappa shape index (κ2) is 6.20. The van der Waals surface area contributed by atoms with Gasteiger partial charge in [-0.2, -0.15) is 4.98 Å². The van der Waals surface area contributed by atoms with Crippen molar-refractivity contribution >= 4 is 22.7 Å². The molecule has 3 aromatic rings. The molecular formula is C18H19FN4. The fourth-order valence-electron chi connectivity index (χ4n) is 2.60. The minimum absolute atomic E-state index is 0.216. The topological polar surface area (TPSA) is 63.8 Å². The summed E-state index contributed by atoms with van der Waals surface area (Å²) < 4.78 is 13.9. The van der Waals surface area contributed by atoms with Crippen molar-refractivity contribution in [1.29, 1.82) is 0 Å². The van der Waals surface area contributed by atoms with E-state index in [1.165, 1.54) is 6.07 Å². The van der Waals surface area contributed by atoms with Crippen LogP contribution in [0.25, 0.3) is 10.9 Å². The first kappa shape index (κ1) is 15.2. The molecule has 0 saturated heterocycles. The second-order valence-corrected chi connectivity index (χ2v) is 5.81. The van der Waals surface area contributed by atoms with Crippen molar-refractivity contribution in [3.8, 4) is 0 Å². The van der Waals surface area contributed by atoms with E-state index >= 15 is 0 Å². The molecule has 1 heterocycles. The molecule has 0 aliphatic rings. The number of rotatable bonds is 4. The SMILES string of the molecule is CC(C)Nc1nc(N)c2c(Cc3ccccc3F)cccc2n1. The summed E-state index contributed by atoms with van der Waals surface area (Å²) >= 11 is 0. The molecule has 0 saturated carbocycles. The average molecular weight is 310 g/mol. The highest BCUT2D eigenvalue weighted by atomic mass is 19.1. The van der Waals surface area contributed by atoms with Crippen LogP contribution < -0.4 is 11.1 Å². The Morgan fingerprint density at radius 3 is 2.52 bits per heavy atom. The van der Waals surface area contributed by atoms with Gasteiger partial charge in [0.1, 0.15) is 11.6 Å². The van der Waals surface area contributed by atoms with E-state index in [2.05, 4.69) is 15.3 Å². The number of nitrogens with two attached hydrogens (primary N) is 1. The molecule has 0 aliphatic carbocycles. The quantitative estimate of drug-likeness (QED) is 0.770. The van der Waals surface area contributed by atoms with Crippen LogP contribution in [-0.4, -0.2) is 16.0 Å². The number of hydrogen-bond acceptors (Lipinski definition) is 4. The third-order valence-electron chi connectivity index (χ3n) is 3.59. The van der Waals surface area contributed by atoms with Crippen LogP contribution in [0.3, 0.4) is 0 Å². The maximum absolute atomic E-state index is 13.9. The van der Waals surface area contributed by atoms with Crippen LogP contribution >= 0.6 is 0 Å². The maximum Gasteiger partial charge on any atom is 0.225 e. The van der Waals surface area contributed by atoms with Crippen LogP contribution in [0.5, 0.6) is 0 Å². The van der Waals surface area contributed by atoms with Crippen molar-refractivity contribution in [2.75, 3.05) is 11.1 Å². The monoisotopic (exact) mass is 310 g/mol. The molecular weight excluding hydrogens is 291 g/mol. The first-order chi connectivity index (χ1) is 11.0. The lowest BCUT2D eigenvalue weighted by atomic mass is 10.0. The largest absolute Gasteiger partial charge is 0.383 e. The predicted octanol–water partition coefficient (Wildman–Crippen LogP) is 3.76. The summed E-state index contributed by atoms with van der Waals surface area (Å²) in [6.45, 7) is 4.02. The molecule has 0 bridgehead atoms. The molecule has 0 aliphatic heterocycles. The van der Waals surface area contributed by atoms with E-state index in [1.54, 1.807) is 12.1 Å². The molecule has 23 heavy (non-hydrogen) atoms. The number of hydrogen-bond donors (Lipinski definition) is 2. The normalized spacial score (nSPS) is 11.1. The van der Waals surface area contributed by atoms with Crippen LogP contribution in [0.1, 0.15) is 25.0 Å². The third-order valence-corrected chi connectivity index (χ3v) is 3.59. The Bertz CT molecular complexity index is 846. The van der Waals surface area contributed by atoms with Crippen molar-refractivity contribution in [3.05, 3.63) is 59.4 Å². The summed E-state index contributed by atoms with van der Waals surface area (Å²) in [4.78, 5) is 8.83. The van der Waals surface area contributed by atoms with E-state index < -0.39 is 0 Å². The van der Waals surface area contributed by atoms with E-state index in [4.69, 9.17) is 5.73 Å². The van der Waals surface area contributed by atoms with Crippen molar-refractivity contribution in [2.24, 2.45) is 0 Å². The Kier molecular flexibility index (Phi) is 4.10. The summed E-state index contributed by atoms with van der Waals surface area (Å²) in [5.41, 5.74) is 8.45. The first-order valence-corrected chi connectivity index (χ1v) is 7.59.